The van der Waals surface area contributed by atoms with Crippen LogP contribution >= 0.6 is 0 Å². The monoisotopic (exact) mass is 237 g/mol. The number of benzene rings is 1. The summed E-state index contributed by atoms with van der Waals surface area (Å²) in [7, 11) is 0. The van der Waals surface area contributed by atoms with Crippen LogP contribution in [0.1, 0.15) is 13.8 Å². The molecule has 4 nitrogen and oxygen atoms in total. The Morgan fingerprint density at radius 1 is 1.00 bits per heavy atom. The Hall–Kier alpha value is -1.65. The van der Waals surface area contributed by atoms with Crippen molar-refractivity contribution in [2.75, 3.05) is 13.2 Å². The molecule has 94 valence electrons. The van der Waals surface area contributed by atoms with E-state index >= 15 is 0 Å². The lowest BCUT2D eigenvalue weighted by molar-refractivity contribution is 0.318. The number of rotatable bonds is 0. The van der Waals surface area contributed by atoms with Crippen molar-refractivity contribution in [3.05, 3.63) is 36.5 Å². The highest BCUT2D eigenvalue weighted by molar-refractivity contribution is 5.83. The molecule has 0 aliphatic heterocycles. The predicted octanol–water partition coefficient (Wildman–Crippen LogP) is 1.94. The van der Waals surface area contributed by atoms with Gasteiger partial charge in [0.2, 0.25) is 0 Å². The number of phenols is 1. The van der Waals surface area contributed by atoms with E-state index in [0.29, 0.717) is 5.52 Å². The quantitative estimate of drug-likeness (QED) is 0.654. The summed E-state index contributed by atoms with van der Waals surface area (Å²) >= 11 is 0. The third-order valence-electron chi connectivity index (χ3n) is 1.61. The number of nitrogens with zero attached hydrogens (tertiary/aromatic N) is 1. The predicted molar refractivity (Wildman–Crippen MR) is 68.9 cm³/mol. The zero-order valence-electron chi connectivity index (χ0n) is 10.2. The molecule has 1 aromatic heterocycles. The molecule has 3 N–H and O–H groups in total. The topological polar surface area (TPSA) is 73.6 Å². The molecule has 0 bridgehead atoms. The lowest BCUT2D eigenvalue weighted by Crippen LogP contribution is -1.76. The van der Waals surface area contributed by atoms with Crippen molar-refractivity contribution in [3.8, 4) is 5.75 Å². The molecule has 0 aliphatic carbocycles. The van der Waals surface area contributed by atoms with Crippen LogP contribution in [0.4, 0.5) is 0 Å². The van der Waals surface area contributed by atoms with Gasteiger partial charge in [0.05, 0.1) is 0 Å². The summed E-state index contributed by atoms with van der Waals surface area (Å²) in [5.41, 5.74) is 0.662. The second-order valence-electron chi connectivity index (χ2n) is 2.98. The van der Waals surface area contributed by atoms with E-state index in [2.05, 4.69) is 4.98 Å². The van der Waals surface area contributed by atoms with Gasteiger partial charge >= 0.3 is 0 Å². The minimum atomic E-state index is 0.239. The average Bonchev–Trinajstić information content (AvgIpc) is 2.32. The minimum Gasteiger partial charge on any atom is -0.506 e. The largest absolute Gasteiger partial charge is 0.506 e. The average molecular weight is 237 g/mol. The maximum Gasteiger partial charge on any atom is 0.141 e. The number of aliphatic hydroxyl groups is 2. The fourth-order valence-corrected chi connectivity index (χ4v) is 1.09. The summed E-state index contributed by atoms with van der Waals surface area (Å²) in [5.74, 6) is 0.239. The first-order valence-electron chi connectivity index (χ1n) is 5.45. The lowest BCUT2D eigenvalue weighted by Gasteiger charge is -1.96. The van der Waals surface area contributed by atoms with Gasteiger partial charge in [-0.15, -0.1) is 0 Å². The molecule has 0 atom stereocenters. The van der Waals surface area contributed by atoms with Crippen molar-refractivity contribution >= 4 is 10.9 Å². The van der Waals surface area contributed by atoms with E-state index in [9.17, 15) is 5.11 Å². The number of pyridine rings is 1. The van der Waals surface area contributed by atoms with E-state index in [1.54, 1.807) is 32.2 Å². The van der Waals surface area contributed by atoms with Crippen LogP contribution in [0.2, 0.25) is 0 Å². The van der Waals surface area contributed by atoms with Crippen molar-refractivity contribution in [1.82, 2.24) is 4.98 Å². The van der Waals surface area contributed by atoms with Gasteiger partial charge in [0.15, 0.2) is 0 Å². The summed E-state index contributed by atoms with van der Waals surface area (Å²) in [4.78, 5) is 4.03. The molecule has 17 heavy (non-hydrogen) atoms. The molecule has 4 heteroatoms. The zero-order chi connectivity index (χ0) is 13.1. The highest BCUT2D eigenvalue weighted by Crippen LogP contribution is 2.20. The molecule has 1 aromatic carbocycles. The van der Waals surface area contributed by atoms with Crippen LogP contribution in [0.25, 0.3) is 10.9 Å². The minimum absolute atomic E-state index is 0.239. The molecule has 0 spiro atoms. The smallest absolute Gasteiger partial charge is 0.141 e. The molecule has 2 rings (SSSR count). The van der Waals surface area contributed by atoms with Crippen LogP contribution in [0.15, 0.2) is 36.5 Å². The summed E-state index contributed by atoms with van der Waals surface area (Å²) in [6, 6.07) is 9.13. The van der Waals surface area contributed by atoms with Gasteiger partial charge in [0.25, 0.3) is 0 Å². The molecule has 0 unspecified atom stereocenters. The molecule has 1 heterocycles. The number of fused-ring (bicyclic) bond motifs is 1. The number of aromatic hydroxyl groups is 1. The highest BCUT2D eigenvalue weighted by atomic mass is 16.3. The fourth-order valence-electron chi connectivity index (χ4n) is 1.09. The Morgan fingerprint density at radius 2 is 1.53 bits per heavy atom. The Kier molecular flexibility index (Phi) is 8.64. The maximum absolute atomic E-state index is 9.31. The molecule has 0 aliphatic rings. The summed E-state index contributed by atoms with van der Waals surface area (Å²) in [6.45, 7) is 3.86. The lowest BCUT2D eigenvalue weighted by atomic mass is 10.2. The molecule has 0 amide bonds. The number of hydrogen-bond donors (Lipinski definition) is 3. The summed E-state index contributed by atoms with van der Waals surface area (Å²) in [6.07, 6.45) is 1.67. The first kappa shape index (κ1) is 15.3. The number of aliphatic hydroxyl groups excluding tert-OH is 2. The van der Waals surface area contributed by atoms with Gasteiger partial charge in [-0.3, -0.25) is 4.98 Å². The van der Waals surface area contributed by atoms with Crippen LogP contribution in [-0.4, -0.2) is 33.5 Å². The zero-order valence-corrected chi connectivity index (χ0v) is 10.2. The third-order valence-corrected chi connectivity index (χ3v) is 1.61. The molecule has 0 saturated heterocycles. The van der Waals surface area contributed by atoms with Crippen molar-refractivity contribution in [3.63, 3.8) is 0 Å². The van der Waals surface area contributed by atoms with Gasteiger partial charge in [0, 0.05) is 24.8 Å². The standard InChI is InChI=1S/C9H7NO.2C2H6O/c11-8-5-1-3-7-4-2-6-10-9(7)8;2*1-2-3/h1-6,11H;2*3H,2H2,1H3. The van der Waals surface area contributed by atoms with Gasteiger partial charge in [-0.25, -0.2) is 0 Å². The molecule has 0 saturated carbocycles. The van der Waals surface area contributed by atoms with Crippen LogP contribution in [0.5, 0.6) is 5.75 Å². The van der Waals surface area contributed by atoms with E-state index < -0.39 is 0 Å². The van der Waals surface area contributed by atoms with Crippen molar-refractivity contribution in [1.29, 1.82) is 0 Å². The number of phenolic OH excluding ortho intramolecular Hbond substituents is 1. The SMILES string of the molecule is CCO.CCO.Oc1cccc2cccnc12. The number of para-hydroxylation sites is 1. The van der Waals surface area contributed by atoms with Crippen LogP contribution in [-0.2, 0) is 0 Å². The summed E-state index contributed by atoms with van der Waals surface area (Å²) < 4.78 is 0. The van der Waals surface area contributed by atoms with Crippen LogP contribution in [0, 0.1) is 0 Å². The highest BCUT2D eigenvalue weighted by Gasteiger charge is 1.96. The van der Waals surface area contributed by atoms with Gasteiger partial charge in [-0.2, -0.15) is 0 Å². The van der Waals surface area contributed by atoms with E-state index in [-0.39, 0.29) is 19.0 Å². The third kappa shape index (κ3) is 5.85. The van der Waals surface area contributed by atoms with Crippen molar-refractivity contribution in [2.45, 2.75) is 13.8 Å². The normalized spacial score (nSPS) is 8.71. The van der Waals surface area contributed by atoms with Gasteiger partial charge < -0.3 is 15.3 Å². The molecular weight excluding hydrogens is 218 g/mol. The first-order chi connectivity index (χ1) is 8.21. The van der Waals surface area contributed by atoms with E-state index in [1.807, 2.05) is 18.2 Å². The number of aromatic nitrogens is 1. The maximum atomic E-state index is 9.31. The van der Waals surface area contributed by atoms with E-state index in [0.717, 1.165) is 5.39 Å². The Balaban J connectivity index is 0.000000366. The second-order valence-corrected chi connectivity index (χ2v) is 2.98. The fraction of sp³-hybridized carbons (Fsp3) is 0.308. The molecule has 0 radical (unpaired) electrons. The van der Waals surface area contributed by atoms with Crippen LogP contribution < -0.4 is 0 Å². The Bertz CT molecular complexity index is 411. The number of hydrogen-bond acceptors (Lipinski definition) is 4. The van der Waals surface area contributed by atoms with Gasteiger partial charge in [-0.05, 0) is 26.0 Å². The van der Waals surface area contributed by atoms with Crippen molar-refractivity contribution in [2.24, 2.45) is 0 Å². The van der Waals surface area contributed by atoms with Crippen molar-refractivity contribution < 1.29 is 15.3 Å². The van der Waals surface area contributed by atoms with E-state index in [1.165, 1.54) is 0 Å². The first-order valence-corrected chi connectivity index (χ1v) is 5.45. The van der Waals surface area contributed by atoms with Crippen LogP contribution in [0.3, 0.4) is 0 Å². The Morgan fingerprint density at radius 3 is 2.06 bits per heavy atom. The van der Waals surface area contributed by atoms with Gasteiger partial charge in [0.1, 0.15) is 11.3 Å². The molecular formula is C13H19NO3. The Labute approximate surface area is 101 Å². The van der Waals surface area contributed by atoms with Gasteiger partial charge in [-0.1, -0.05) is 18.2 Å². The molecule has 2 aromatic rings. The molecule has 0 fully saturated rings. The summed E-state index contributed by atoms with van der Waals surface area (Å²) in [5, 5.41) is 25.4. The van der Waals surface area contributed by atoms with E-state index in [4.69, 9.17) is 10.2 Å². The second kappa shape index (κ2) is 9.57.